The Kier molecular flexibility index (Phi) is 4.89. The third kappa shape index (κ3) is 4.42. The summed E-state index contributed by atoms with van der Waals surface area (Å²) in [6.07, 6.45) is 5.13. The fourth-order valence-electron chi connectivity index (χ4n) is 2.21. The Morgan fingerprint density at radius 3 is 2.23 bits per heavy atom. The maximum Gasteiger partial charge on any atom is 0.122 e. The number of allylic oxidation sites excluding steroid dienone is 2. The van der Waals surface area contributed by atoms with E-state index in [-0.39, 0.29) is 17.2 Å². The Morgan fingerprint density at radius 1 is 0.955 bits per heavy atom. The topological polar surface area (TPSA) is 60.7 Å². The van der Waals surface area contributed by atoms with Crippen LogP contribution in [0, 0.1) is 0 Å². The third-order valence-corrected chi connectivity index (χ3v) is 3.30. The number of hydrogen-bond acceptors (Lipinski definition) is 3. The van der Waals surface area contributed by atoms with Gasteiger partial charge in [-0.3, -0.25) is 0 Å². The summed E-state index contributed by atoms with van der Waals surface area (Å²) in [5.41, 5.74) is 3.60. The predicted octanol–water partition coefficient (Wildman–Crippen LogP) is 4.18. The summed E-state index contributed by atoms with van der Waals surface area (Å²) in [7, 11) is 0. The molecule has 3 nitrogen and oxygen atoms in total. The van der Waals surface area contributed by atoms with E-state index >= 15 is 0 Å². The van der Waals surface area contributed by atoms with Crippen molar-refractivity contribution in [3.05, 3.63) is 71.3 Å². The maximum absolute atomic E-state index is 9.86. The number of phenols is 3. The molecular weight excluding hydrogens is 276 g/mol. The van der Waals surface area contributed by atoms with Gasteiger partial charge in [-0.05, 0) is 55.2 Å². The van der Waals surface area contributed by atoms with Crippen molar-refractivity contribution in [2.45, 2.75) is 19.8 Å². The largest absolute Gasteiger partial charge is 0.508 e. The van der Waals surface area contributed by atoms with E-state index in [1.807, 2.05) is 31.2 Å². The molecule has 0 aliphatic heterocycles. The molecule has 0 aliphatic rings. The lowest BCUT2D eigenvalue weighted by Gasteiger charge is -2.06. The molecule has 0 heterocycles. The van der Waals surface area contributed by atoms with Gasteiger partial charge in [-0.1, -0.05) is 30.4 Å². The van der Waals surface area contributed by atoms with Crippen LogP contribution >= 0.6 is 0 Å². The van der Waals surface area contributed by atoms with Crippen molar-refractivity contribution in [2.24, 2.45) is 0 Å². The first-order chi connectivity index (χ1) is 10.4. The van der Waals surface area contributed by atoms with E-state index in [9.17, 15) is 15.3 Å². The first-order valence-corrected chi connectivity index (χ1v) is 7.11. The number of benzene rings is 2. The van der Waals surface area contributed by atoms with E-state index in [2.05, 4.69) is 6.58 Å². The molecule has 0 bridgehead atoms. The number of aryl methyl sites for hydroxylation is 2. The molecular formula is C19H20O3. The Hall–Kier alpha value is -2.68. The molecule has 114 valence electrons. The van der Waals surface area contributed by atoms with Gasteiger partial charge in [0.15, 0.2) is 0 Å². The Balaban J connectivity index is 2.13. The van der Waals surface area contributed by atoms with E-state index in [4.69, 9.17) is 0 Å². The van der Waals surface area contributed by atoms with Crippen molar-refractivity contribution in [1.82, 2.24) is 0 Å². The van der Waals surface area contributed by atoms with Crippen LogP contribution in [0.5, 0.6) is 17.2 Å². The minimum atomic E-state index is 0.0609. The van der Waals surface area contributed by atoms with Gasteiger partial charge in [0, 0.05) is 11.6 Å². The van der Waals surface area contributed by atoms with Gasteiger partial charge in [0.2, 0.25) is 0 Å². The monoisotopic (exact) mass is 296 g/mol. The molecule has 3 heteroatoms. The lowest BCUT2D eigenvalue weighted by atomic mass is 10.0. The van der Waals surface area contributed by atoms with Crippen molar-refractivity contribution in [3.63, 3.8) is 0 Å². The molecule has 2 aromatic rings. The summed E-state index contributed by atoms with van der Waals surface area (Å²) in [6.45, 7) is 5.69. The van der Waals surface area contributed by atoms with Gasteiger partial charge in [0.25, 0.3) is 0 Å². The van der Waals surface area contributed by atoms with E-state index in [1.54, 1.807) is 18.2 Å². The van der Waals surface area contributed by atoms with E-state index in [1.165, 1.54) is 6.07 Å². The zero-order chi connectivity index (χ0) is 16.1. The van der Waals surface area contributed by atoms with Gasteiger partial charge in [-0.15, -0.1) is 0 Å². The normalized spacial score (nSPS) is 11.0. The van der Waals surface area contributed by atoms with Gasteiger partial charge >= 0.3 is 0 Å². The zero-order valence-corrected chi connectivity index (χ0v) is 12.6. The average Bonchev–Trinajstić information content (AvgIpc) is 2.44. The smallest absolute Gasteiger partial charge is 0.122 e. The number of aromatic hydroxyl groups is 3. The van der Waals surface area contributed by atoms with Crippen molar-refractivity contribution >= 4 is 6.08 Å². The highest BCUT2D eigenvalue weighted by atomic mass is 16.3. The van der Waals surface area contributed by atoms with Crippen molar-refractivity contribution in [3.8, 4) is 17.2 Å². The van der Waals surface area contributed by atoms with Gasteiger partial charge in [-0.2, -0.15) is 0 Å². The van der Waals surface area contributed by atoms with Crippen LogP contribution in [0.15, 0.2) is 54.6 Å². The number of hydrogen-bond donors (Lipinski definition) is 3. The molecule has 0 amide bonds. The third-order valence-electron chi connectivity index (χ3n) is 3.30. The molecule has 2 rings (SSSR count). The molecule has 0 unspecified atom stereocenters. The second-order valence-electron chi connectivity index (χ2n) is 5.43. The standard InChI is InChI=1S/C19H20O3/c1-13(2)3-7-16-9-14(6-8-19(16)22)4-5-15-10-17(20)12-18(21)11-15/h3,6-12,20-22H,1,4-5H2,2H3. The molecule has 0 saturated carbocycles. The average molecular weight is 296 g/mol. The second-order valence-corrected chi connectivity index (χ2v) is 5.43. The molecule has 0 spiro atoms. The fraction of sp³-hybridized carbons (Fsp3) is 0.158. The Morgan fingerprint density at radius 2 is 1.59 bits per heavy atom. The van der Waals surface area contributed by atoms with Crippen LogP contribution in [0.2, 0.25) is 0 Å². The lowest BCUT2D eigenvalue weighted by Crippen LogP contribution is -1.92. The van der Waals surface area contributed by atoms with Crippen LogP contribution in [0.3, 0.4) is 0 Å². The Labute approximate surface area is 130 Å². The summed E-state index contributed by atoms with van der Waals surface area (Å²) in [5.74, 6) is 0.354. The minimum absolute atomic E-state index is 0.0609. The van der Waals surface area contributed by atoms with E-state index in [0.717, 1.165) is 28.7 Å². The molecule has 0 fully saturated rings. The van der Waals surface area contributed by atoms with Crippen LogP contribution in [-0.4, -0.2) is 15.3 Å². The predicted molar refractivity (Wildman–Crippen MR) is 89.1 cm³/mol. The second kappa shape index (κ2) is 6.85. The van der Waals surface area contributed by atoms with Gasteiger partial charge in [0.1, 0.15) is 17.2 Å². The van der Waals surface area contributed by atoms with Gasteiger partial charge in [0.05, 0.1) is 0 Å². The number of phenolic OH excluding ortho intramolecular Hbond substituents is 3. The van der Waals surface area contributed by atoms with Crippen LogP contribution in [0.25, 0.3) is 6.08 Å². The highest BCUT2D eigenvalue weighted by Gasteiger charge is 2.03. The number of rotatable bonds is 5. The van der Waals surface area contributed by atoms with Crippen LogP contribution < -0.4 is 0 Å². The summed E-state index contributed by atoms with van der Waals surface area (Å²) < 4.78 is 0. The van der Waals surface area contributed by atoms with Crippen LogP contribution in [-0.2, 0) is 12.8 Å². The van der Waals surface area contributed by atoms with Crippen molar-refractivity contribution in [2.75, 3.05) is 0 Å². The maximum atomic E-state index is 9.86. The Bertz CT molecular complexity index is 694. The molecule has 0 radical (unpaired) electrons. The highest BCUT2D eigenvalue weighted by Crippen LogP contribution is 2.24. The summed E-state index contributed by atoms with van der Waals surface area (Å²) in [5, 5.41) is 28.8. The zero-order valence-electron chi connectivity index (χ0n) is 12.6. The summed E-state index contributed by atoms with van der Waals surface area (Å²) in [6, 6.07) is 10.1. The SMILES string of the molecule is C=C(C)C=Cc1cc(CCc2cc(O)cc(O)c2)ccc1O. The van der Waals surface area contributed by atoms with Gasteiger partial charge in [-0.25, -0.2) is 0 Å². The van der Waals surface area contributed by atoms with E-state index < -0.39 is 0 Å². The van der Waals surface area contributed by atoms with Crippen molar-refractivity contribution < 1.29 is 15.3 Å². The van der Waals surface area contributed by atoms with E-state index in [0.29, 0.717) is 6.42 Å². The molecule has 2 aromatic carbocycles. The first-order valence-electron chi connectivity index (χ1n) is 7.11. The first kappa shape index (κ1) is 15.7. The minimum Gasteiger partial charge on any atom is -0.508 e. The molecule has 0 aliphatic carbocycles. The quantitative estimate of drug-likeness (QED) is 0.725. The molecule has 3 N–H and O–H groups in total. The highest BCUT2D eigenvalue weighted by molar-refractivity contribution is 5.59. The lowest BCUT2D eigenvalue weighted by molar-refractivity contribution is 0.449. The summed E-state index contributed by atoms with van der Waals surface area (Å²) in [4.78, 5) is 0. The van der Waals surface area contributed by atoms with Crippen LogP contribution in [0.4, 0.5) is 0 Å². The van der Waals surface area contributed by atoms with Crippen molar-refractivity contribution in [1.29, 1.82) is 0 Å². The molecule has 0 aromatic heterocycles. The molecule has 0 atom stereocenters. The molecule has 0 saturated heterocycles. The van der Waals surface area contributed by atoms with Gasteiger partial charge < -0.3 is 15.3 Å². The fourth-order valence-corrected chi connectivity index (χ4v) is 2.21. The van der Waals surface area contributed by atoms with Crippen LogP contribution in [0.1, 0.15) is 23.6 Å². The molecule has 22 heavy (non-hydrogen) atoms. The summed E-state index contributed by atoms with van der Waals surface area (Å²) >= 11 is 0.